The van der Waals surface area contributed by atoms with Crippen LogP contribution in [0.25, 0.3) is 0 Å². The first kappa shape index (κ1) is 21.3. The summed E-state index contributed by atoms with van der Waals surface area (Å²) >= 11 is 3.44. The summed E-state index contributed by atoms with van der Waals surface area (Å²) in [5.41, 5.74) is 1.73. The number of nitrogens with zero attached hydrogens (tertiary/aromatic N) is 1. The number of carbonyl (C=O) groups is 2. The van der Waals surface area contributed by atoms with Crippen molar-refractivity contribution in [2.45, 2.75) is 19.8 Å². The Morgan fingerprint density at radius 1 is 1.14 bits per heavy atom. The van der Waals surface area contributed by atoms with Gasteiger partial charge in [-0.15, -0.1) is 0 Å². The second kappa shape index (κ2) is 8.96. The molecule has 0 radical (unpaired) electrons. The SMILES string of the molecule is CCCS(=O)(=O)Nc1ccc(NC(=O)C2CC(=O)N(c3ccccc3Br)C2)cc1. The highest BCUT2D eigenvalue weighted by Gasteiger charge is 2.35. The Balaban J connectivity index is 1.62. The van der Waals surface area contributed by atoms with Crippen LogP contribution in [-0.2, 0) is 19.6 Å². The first-order chi connectivity index (χ1) is 13.8. The van der Waals surface area contributed by atoms with Crippen LogP contribution in [-0.4, -0.2) is 32.5 Å². The minimum Gasteiger partial charge on any atom is -0.326 e. The molecule has 9 heteroatoms. The average Bonchev–Trinajstić information content (AvgIpc) is 3.05. The molecule has 29 heavy (non-hydrogen) atoms. The fourth-order valence-electron chi connectivity index (χ4n) is 3.15. The zero-order chi connectivity index (χ0) is 21.0. The summed E-state index contributed by atoms with van der Waals surface area (Å²) in [7, 11) is -3.36. The zero-order valence-corrected chi connectivity index (χ0v) is 18.3. The summed E-state index contributed by atoms with van der Waals surface area (Å²) in [4.78, 5) is 26.6. The number of sulfonamides is 1. The number of amides is 2. The fourth-order valence-corrected chi connectivity index (χ4v) is 4.79. The Morgan fingerprint density at radius 3 is 2.45 bits per heavy atom. The summed E-state index contributed by atoms with van der Waals surface area (Å²) in [6.45, 7) is 2.10. The monoisotopic (exact) mass is 479 g/mol. The molecule has 1 aliphatic rings. The molecule has 1 atom stereocenters. The van der Waals surface area contributed by atoms with Crippen LogP contribution in [0.4, 0.5) is 17.1 Å². The fraction of sp³-hybridized carbons (Fsp3) is 0.300. The van der Waals surface area contributed by atoms with Gasteiger partial charge in [0.1, 0.15) is 0 Å². The van der Waals surface area contributed by atoms with Crippen LogP contribution >= 0.6 is 15.9 Å². The Kier molecular flexibility index (Phi) is 6.59. The largest absolute Gasteiger partial charge is 0.326 e. The molecule has 7 nitrogen and oxygen atoms in total. The lowest BCUT2D eigenvalue weighted by Crippen LogP contribution is -2.28. The van der Waals surface area contributed by atoms with Gasteiger partial charge in [-0.25, -0.2) is 8.42 Å². The highest BCUT2D eigenvalue weighted by Crippen LogP contribution is 2.31. The molecule has 2 N–H and O–H groups in total. The first-order valence-electron chi connectivity index (χ1n) is 9.25. The molecule has 1 unspecified atom stereocenters. The molecule has 2 aromatic rings. The van der Waals surface area contributed by atoms with Crippen LogP contribution in [0.1, 0.15) is 19.8 Å². The molecule has 0 aromatic heterocycles. The smallest absolute Gasteiger partial charge is 0.232 e. The van der Waals surface area contributed by atoms with Crippen molar-refractivity contribution >= 4 is 54.8 Å². The van der Waals surface area contributed by atoms with Gasteiger partial charge in [-0.3, -0.25) is 14.3 Å². The number of halogens is 1. The van der Waals surface area contributed by atoms with Gasteiger partial charge >= 0.3 is 0 Å². The van der Waals surface area contributed by atoms with Crippen molar-refractivity contribution in [1.29, 1.82) is 0 Å². The molecule has 2 amide bonds. The van der Waals surface area contributed by atoms with Gasteiger partial charge in [0.05, 0.1) is 17.4 Å². The predicted octanol–water partition coefficient (Wildman–Crippen LogP) is 3.59. The van der Waals surface area contributed by atoms with Crippen molar-refractivity contribution in [2.24, 2.45) is 5.92 Å². The Labute approximate surface area is 178 Å². The third kappa shape index (κ3) is 5.36. The highest BCUT2D eigenvalue weighted by atomic mass is 79.9. The summed E-state index contributed by atoms with van der Waals surface area (Å²) in [5.74, 6) is -0.753. The second-order valence-electron chi connectivity index (χ2n) is 6.84. The average molecular weight is 480 g/mol. The van der Waals surface area contributed by atoms with Crippen molar-refractivity contribution in [1.82, 2.24) is 0 Å². The topological polar surface area (TPSA) is 95.6 Å². The van der Waals surface area contributed by atoms with Crippen molar-refractivity contribution in [3.05, 3.63) is 53.0 Å². The zero-order valence-electron chi connectivity index (χ0n) is 15.9. The first-order valence-corrected chi connectivity index (χ1v) is 11.7. The van der Waals surface area contributed by atoms with Gasteiger partial charge in [0.25, 0.3) is 0 Å². The molecule has 0 saturated carbocycles. The summed E-state index contributed by atoms with van der Waals surface area (Å²) in [6.07, 6.45) is 0.669. The van der Waals surface area contributed by atoms with E-state index in [4.69, 9.17) is 0 Å². The molecule has 0 bridgehead atoms. The van der Waals surface area contributed by atoms with Crippen LogP contribution in [0, 0.1) is 5.92 Å². The predicted molar refractivity (Wildman–Crippen MR) is 117 cm³/mol. The van der Waals surface area contributed by atoms with Crippen LogP contribution in [0.2, 0.25) is 0 Å². The van der Waals surface area contributed by atoms with Crippen LogP contribution < -0.4 is 14.9 Å². The van der Waals surface area contributed by atoms with Gasteiger partial charge in [-0.05, 0) is 58.7 Å². The number of hydrogen-bond donors (Lipinski definition) is 2. The van der Waals surface area contributed by atoms with E-state index in [0.29, 0.717) is 24.3 Å². The molecule has 2 aromatic carbocycles. The Morgan fingerprint density at radius 2 is 1.79 bits per heavy atom. The van der Waals surface area contributed by atoms with Crippen molar-refractivity contribution in [2.75, 3.05) is 27.2 Å². The number of carbonyl (C=O) groups excluding carboxylic acids is 2. The molecular formula is C20H22BrN3O4S. The molecule has 0 aliphatic carbocycles. The van der Waals surface area contributed by atoms with Crippen molar-refractivity contribution < 1.29 is 18.0 Å². The van der Waals surface area contributed by atoms with Gasteiger partial charge in [0.2, 0.25) is 21.8 Å². The van der Waals surface area contributed by atoms with Crippen molar-refractivity contribution in [3.8, 4) is 0 Å². The van der Waals surface area contributed by atoms with Crippen LogP contribution in [0.5, 0.6) is 0 Å². The van der Waals surface area contributed by atoms with E-state index in [9.17, 15) is 18.0 Å². The quantitative estimate of drug-likeness (QED) is 0.633. The number of para-hydroxylation sites is 1. The molecule has 1 aliphatic heterocycles. The molecule has 1 saturated heterocycles. The third-order valence-electron chi connectivity index (χ3n) is 4.54. The third-order valence-corrected chi connectivity index (χ3v) is 6.70. The van der Waals surface area contributed by atoms with E-state index in [1.54, 1.807) is 36.1 Å². The lowest BCUT2D eigenvalue weighted by atomic mass is 10.1. The van der Waals surface area contributed by atoms with E-state index < -0.39 is 15.9 Å². The number of anilines is 3. The number of rotatable bonds is 7. The summed E-state index contributed by atoms with van der Waals surface area (Å²) in [5, 5.41) is 2.80. The Hall–Kier alpha value is -2.39. The normalized spacial score (nSPS) is 16.7. The Bertz CT molecular complexity index is 1010. The molecule has 0 spiro atoms. The van der Waals surface area contributed by atoms with E-state index in [1.807, 2.05) is 24.3 Å². The number of nitrogens with one attached hydrogen (secondary N) is 2. The molecular weight excluding hydrogens is 458 g/mol. The van der Waals surface area contributed by atoms with Gasteiger partial charge in [-0.1, -0.05) is 19.1 Å². The minimum absolute atomic E-state index is 0.0508. The maximum Gasteiger partial charge on any atom is 0.232 e. The van der Waals surface area contributed by atoms with Gasteiger partial charge in [0, 0.05) is 28.8 Å². The van der Waals surface area contributed by atoms with E-state index in [-0.39, 0.29) is 24.0 Å². The lowest BCUT2D eigenvalue weighted by Gasteiger charge is -2.18. The molecule has 3 rings (SSSR count). The van der Waals surface area contributed by atoms with Crippen LogP contribution in [0.3, 0.4) is 0 Å². The maximum atomic E-state index is 12.6. The second-order valence-corrected chi connectivity index (χ2v) is 9.54. The molecule has 154 valence electrons. The van der Waals surface area contributed by atoms with Gasteiger partial charge in [-0.2, -0.15) is 0 Å². The highest BCUT2D eigenvalue weighted by molar-refractivity contribution is 9.10. The number of benzene rings is 2. The van der Waals surface area contributed by atoms with E-state index >= 15 is 0 Å². The maximum absolute atomic E-state index is 12.6. The van der Waals surface area contributed by atoms with Crippen molar-refractivity contribution in [3.63, 3.8) is 0 Å². The molecule has 1 heterocycles. The van der Waals surface area contributed by atoms with Gasteiger partial charge in [0.15, 0.2) is 0 Å². The van der Waals surface area contributed by atoms with Crippen LogP contribution in [0.15, 0.2) is 53.0 Å². The number of hydrogen-bond acceptors (Lipinski definition) is 4. The van der Waals surface area contributed by atoms with E-state index in [2.05, 4.69) is 26.0 Å². The summed E-state index contributed by atoms with van der Waals surface area (Å²) < 4.78 is 26.9. The summed E-state index contributed by atoms with van der Waals surface area (Å²) in [6, 6.07) is 13.8. The van der Waals surface area contributed by atoms with E-state index in [1.165, 1.54) is 0 Å². The minimum atomic E-state index is -3.36. The van der Waals surface area contributed by atoms with E-state index in [0.717, 1.165) is 10.2 Å². The van der Waals surface area contributed by atoms with Gasteiger partial charge < -0.3 is 10.2 Å². The lowest BCUT2D eigenvalue weighted by molar-refractivity contribution is -0.122. The standard InChI is InChI=1S/C20H22BrN3O4S/c1-2-11-29(27,28)23-16-9-7-15(8-10-16)22-20(26)14-12-19(25)24(13-14)18-6-4-3-5-17(18)21/h3-10,14,23H,2,11-13H2,1H3,(H,22,26). The molecule has 1 fully saturated rings.